The molecule has 206 valence electrons. The normalized spacial score (nSPS) is 20.3. The molecule has 0 unspecified atom stereocenters. The van der Waals surface area contributed by atoms with Crippen LogP contribution in [0.25, 0.3) is 17.8 Å². The van der Waals surface area contributed by atoms with Crippen LogP contribution in [0.2, 0.25) is 0 Å². The molecule has 1 amide bonds. The molecule has 1 aliphatic carbocycles. The highest BCUT2D eigenvalue weighted by Gasteiger charge is 2.37. The van der Waals surface area contributed by atoms with E-state index in [4.69, 9.17) is 14.6 Å². The summed E-state index contributed by atoms with van der Waals surface area (Å²) in [4.78, 5) is 33.3. The second-order valence-corrected chi connectivity index (χ2v) is 11.1. The maximum atomic E-state index is 14.1. The molecular formula is C30H36N4O4S. The first kappa shape index (κ1) is 27.3. The first-order valence-electron chi connectivity index (χ1n) is 13.9. The number of thiazole rings is 1. The summed E-state index contributed by atoms with van der Waals surface area (Å²) in [5, 5.41) is 6.85. The predicted molar refractivity (Wildman–Crippen MR) is 153 cm³/mol. The molecule has 3 heterocycles. The molecule has 1 aliphatic heterocycles. The van der Waals surface area contributed by atoms with Gasteiger partial charge < -0.3 is 9.47 Å². The molecule has 1 saturated carbocycles. The van der Waals surface area contributed by atoms with Crippen molar-refractivity contribution in [3.8, 4) is 5.69 Å². The van der Waals surface area contributed by atoms with Crippen LogP contribution in [-0.2, 0) is 14.3 Å². The maximum Gasteiger partial charge on any atom is 0.343 e. The number of esters is 1. The summed E-state index contributed by atoms with van der Waals surface area (Å²) in [5.74, 6) is 0.555. The van der Waals surface area contributed by atoms with Crippen molar-refractivity contribution in [2.45, 2.75) is 58.4 Å². The smallest absolute Gasteiger partial charge is 0.343 e. The van der Waals surface area contributed by atoms with E-state index in [0.717, 1.165) is 42.6 Å². The van der Waals surface area contributed by atoms with Crippen LogP contribution in [0.1, 0.15) is 74.0 Å². The number of aromatic nitrogens is 3. The summed E-state index contributed by atoms with van der Waals surface area (Å²) in [6, 6.07) is 7.83. The molecule has 1 aromatic carbocycles. The van der Waals surface area contributed by atoms with Crippen LogP contribution in [0.15, 0.2) is 41.4 Å². The lowest BCUT2D eigenvalue weighted by molar-refractivity contribution is -0.124. The highest BCUT2D eigenvalue weighted by atomic mass is 32.1. The van der Waals surface area contributed by atoms with E-state index < -0.39 is 5.97 Å². The van der Waals surface area contributed by atoms with Gasteiger partial charge >= 0.3 is 5.97 Å². The molecule has 0 N–H and O–H groups in total. The number of carbonyl (C=O) groups excluding carboxylic acids is 2. The Balaban J connectivity index is 1.48. The van der Waals surface area contributed by atoms with Crippen molar-refractivity contribution in [1.29, 1.82) is 0 Å². The number of ether oxygens (including phenoxy) is 2. The fourth-order valence-corrected chi connectivity index (χ4v) is 5.88. The molecular weight excluding hydrogens is 512 g/mol. The zero-order chi connectivity index (χ0) is 27.2. The van der Waals surface area contributed by atoms with E-state index in [1.807, 2.05) is 47.3 Å². The minimum Gasteiger partial charge on any atom is -0.462 e. The van der Waals surface area contributed by atoms with E-state index in [1.54, 1.807) is 34.0 Å². The topological polar surface area (TPSA) is 86.6 Å². The first-order chi connectivity index (χ1) is 19.0. The molecule has 8 nitrogen and oxygen atoms in total. The minimum atomic E-state index is -0.469. The lowest BCUT2D eigenvalue weighted by atomic mass is 9.82. The average molecular weight is 549 g/mol. The van der Waals surface area contributed by atoms with Crippen molar-refractivity contribution < 1.29 is 19.1 Å². The number of nitrogens with zero attached hydrogens (tertiary/aromatic N) is 4. The van der Waals surface area contributed by atoms with Gasteiger partial charge in [0.25, 0.3) is 0 Å². The molecule has 1 saturated heterocycles. The molecule has 0 radical (unpaired) electrons. The molecule has 39 heavy (non-hydrogen) atoms. The summed E-state index contributed by atoms with van der Waals surface area (Å²) < 4.78 is 12.7. The summed E-state index contributed by atoms with van der Waals surface area (Å²) in [5.41, 5.74) is 4.86. The van der Waals surface area contributed by atoms with Crippen LogP contribution in [0.4, 0.5) is 5.82 Å². The minimum absolute atomic E-state index is 0.0620. The number of hydrogen-bond donors (Lipinski definition) is 0. The Bertz CT molecular complexity index is 1270. The van der Waals surface area contributed by atoms with Crippen LogP contribution in [-0.4, -0.2) is 52.5 Å². The second-order valence-electron chi connectivity index (χ2n) is 10.4. The summed E-state index contributed by atoms with van der Waals surface area (Å²) in [6.45, 7) is 5.44. The largest absolute Gasteiger partial charge is 0.462 e. The highest BCUT2D eigenvalue weighted by Crippen LogP contribution is 2.34. The Kier molecular flexibility index (Phi) is 8.88. The number of rotatable bonds is 8. The fourth-order valence-electron chi connectivity index (χ4n) is 5.36. The van der Waals surface area contributed by atoms with Gasteiger partial charge in [-0.05, 0) is 75.1 Å². The van der Waals surface area contributed by atoms with Gasteiger partial charge in [0.1, 0.15) is 5.56 Å². The Morgan fingerprint density at radius 3 is 2.51 bits per heavy atom. The second kappa shape index (κ2) is 12.7. The van der Waals surface area contributed by atoms with E-state index in [2.05, 4.69) is 11.9 Å². The van der Waals surface area contributed by atoms with Crippen LogP contribution in [0, 0.1) is 11.8 Å². The van der Waals surface area contributed by atoms with Gasteiger partial charge in [-0.3, -0.25) is 9.69 Å². The predicted octanol–water partition coefficient (Wildman–Crippen LogP) is 6.01. The lowest BCUT2D eigenvalue weighted by Crippen LogP contribution is -2.47. The third kappa shape index (κ3) is 6.47. The average Bonchev–Trinajstić information content (AvgIpc) is 3.64. The maximum absolute atomic E-state index is 14.1. The van der Waals surface area contributed by atoms with Gasteiger partial charge in [0.15, 0.2) is 5.82 Å². The molecule has 0 atom stereocenters. The van der Waals surface area contributed by atoms with E-state index in [0.29, 0.717) is 43.4 Å². The van der Waals surface area contributed by atoms with Gasteiger partial charge in [0.2, 0.25) is 5.91 Å². The molecule has 2 aliphatic rings. The van der Waals surface area contributed by atoms with Crippen molar-refractivity contribution in [1.82, 2.24) is 14.8 Å². The Morgan fingerprint density at radius 2 is 1.85 bits per heavy atom. The Hall–Kier alpha value is -3.30. The van der Waals surface area contributed by atoms with Gasteiger partial charge in [-0.1, -0.05) is 25.1 Å². The zero-order valence-electron chi connectivity index (χ0n) is 22.6. The summed E-state index contributed by atoms with van der Waals surface area (Å²) in [7, 11) is 0. The number of amides is 1. The molecule has 5 rings (SSSR count). The van der Waals surface area contributed by atoms with Crippen molar-refractivity contribution in [2.24, 2.45) is 11.8 Å². The molecule has 9 heteroatoms. The van der Waals surface area contributed by atoms with Crippen molar-refractivity contribution in [3.05, 3.63) is 58.2 Å². The van der Waals surface area contributed by atoms with E-state index in [9.17, 15) is 9.59 Å². The number of hydrogen-bond acceptors (Lipinski definition) is 7. The van der Waals surface area contributed by atoms with Crippen LogP contribution in [0.5, 0.6) is 0 Å². The Morgan fingerprint density at radius 1 is 1.10 bits per heavy atom. The SMILES string of the molecule is CCOC(=O)c1cn(-c2ccc(/C=C/c3cscn3)cc2)nc1N(C(=O)[C@H]1CC[C@H](C)CC1)C1CCOCC1. The molecule has 3 aromatic rings. The fraction of sp³-hybridized carbons (Fsp3) is 0.467. The van der Waals surface area contributed by atoms with Crippen molar-refractivity contribution >= 4 is 41.2 Å². The third-order valence-electron chi connectivity index (χ3n) is 7.63. The van der Waals surface area contributed by atoms with E-state index >= 15 is 0 Å². The van der Waals surface area contributed by atoms with Gasteiger partial charge in [-0.25, -0.2) is 14.5 Å². The first-order valence-corrected chi connectivity index (χ1v) is 14.8. The number of benzene rings is 1. The molecule has 0 spiro atoms. The van der Waals surface area contributed by atoms with Gasteiger partial charge in [0.05, 0.1) is 23.5 Å². The summed E-state index contributed by atoms with van der Waals surface area (Å²) in [6.07, 6.45) is 10.9. The third-order valence-corrected chi connectivity index (χ3v) is 8.24. The van der Waals surface area contributed by atoms with E-state index in [-0.39, 0.29) is 24.5 Å². The quantitative estimate of drug-likeness (QED) is 0.320. The zero-order valence-corrected chi connectivity index (χ0v) is 23.4. The van der Waals surface area contributed by atoms with Crippen LogP contribution < -0.4 is 4.90 Å². The summed E-state index contributed by atoms with van der Waals surface area (Å²) >= 11 is 1.56. The lowest BCUT2D eigenvalue weighted by Gasteiger charge is -2.37. The monoisotopic (exact) mass is 548 g/mol. The molecule has 0 bridgehead atoms. The van der Waals surface area contributed by atoms with Crippen molar-refractivity contribution in [3.63, 3.8) is 0 Å². The number of anilines is 1. The standard InChI is InChI=1S/C30H36N4O4S/c1-3-38-30(36)27-18-33(25-12-7-22(8-13-25)6-11-24-19-39-20-31-24)32-28(27)34(26-14-16-37-17-15-26)29(35)23-9-4-21(2)5-10-23/h6-8,11-13,18-21,23,26H,3-5,9-10,14-17H2,1-2H3/b11-6+/t21-,23-. The van der Waals surface area contributed by atoms with E-state index in [1.165, 1.54) is 0 Å². The van der Waals surface area contributed by atoms with Gasteiger partial charge in [-0.2, -0.15) is 0 Å². The van der Waals surface area contributed by atoms with Gasteiger partial charge in [-0.15, -0.1) is 16.4 Å². The number of carbonyl (C=O) groups is 2. The highest BCUT2D eigenvalue weighted by molar-refractivity contribution is 7.07. The Labute approximate surface area is 233 Å². The molecule has 2 aromatic heterocycles. The van der Waals surface area contributed by atoms with Crippen LogP contribution >= 0.6 is 11.3 Å². The van der Waals surface area contributed by atoms with Gasteiger partial charge in [0, 0.05) is 36.8 Å². The van der Waals surface area contributed by atoms with Crippen LogP contribution in [0.3, 0.4) is 0 Å². The molecule has 2 fully saturated rings. The van der Waals surface area contributed by atoms with Crippen molar-refractivity contribution in [2.75, 3.05) is 24.7 Å².